The summed E-state index contributed by atoms with van der Waals surface area (Å²) >= 11 is 0. The highest BCUT2D eigenvalue weighted by molar-refractivity contribution is 4.51. The Balaban J connectivity index is 3.15. The van der Waals surface area contributed by atoms with Crippen LogP contribution in [0.1, 0.15) is 0 Å². The van der Waals surface area contributed by atoms with E-state index in [1.165, 1.54) is 4.90 Å². The summed E-state index contributed by atoms with van der Waals surface area (Å²) in [6.45, 7) is 0.783. The molecule has 0 unspecified atom stereocenters. The molecule has 2 nitrogen and oxygen atoms in total. The molecule has 0 saturated carbocycles. The van der Waals surface area contributed by atoms with Crippen molar-refractivity contribution in [1.29, 1.82) is 0 Å². The lowest BCUT2D eigenvalue weighted by atomic mass is 10.5. The van der Waals surface area contributed by atoms with Gasteiger partial charge in [-0.3, -0.25) is 4.90 Å². The van der Waals surface area contributed by atoms with Crippen molar-refractivity contribution >= 4 is 0 Å². The Morgan fingerprint density at radius 2 is 2.11 bits per heavy atom. The van der Waals surface area contributed by atoms with Gasteiger partial charge in [0.25, 0.3) is 6.43 Å². The van der Waals surface area contributed by atoms with E-state index in [1.807, 2.05) is 0 Å². The van der Waals surface area contributed by atoms with E-state index in [1.54, 1.807) is 7.05 Å². The summed E-state index contributed by atoms with van der Waals surface area (Å²) in [5, 5.41) is 0. The van der Waals surface area contributed by atoms with Gasteiger partial charge < -0.3 is 5.73 Å². The molecule has 0 bridgehead atoms. The van der Waals surface area contributed by atoms with Gasteiger partial charge in [0.05, 0.1) is 6.54 Å². The number of halogens is 2. The first-order valence-corrected chi connectivity index (χ1v) is 2.83. The predicted molar refractivity (Wildman–Crippen MR) is 32.6 cm³/mol. The topological polar surface area (TPSA) is 29.3 Å². The van der Waals surface area contributed by atoms with Crippen LogP contribution in [0.5, 0.6) is 0 Å². The Morgan fingerprint density at radius 1 is 1.56 bits per heavy atom. The molecule has 0 aromatic heterocycles. The van der Waals surface area contributed by atoms with Crippen molar-refractivity contribution in [3.8, 4) is 0 Å². The fourth-order valence-corrected chi connectivity index (χ4v) is 0.547. The van der Waals surface area contributed by atoms with Crippen molar-refractivity contribution in [3.05, 3.63) is 0 Å². The molecule has 0 rings (SSSR count). The summed E-state index contributed by atoms with van der Waals surface area (Å²) in [5.74, 6) is 0. The third-order valence-corrected chi connectivity index (χ3v) is 0.961. The Labute approximate surface area is 53.6 Å². The molecule has 0 amide bonds. The molecule has 0 radical (unpaired) electrons. The van der Waals surface area contributed by atoms with Gasteiger partial charge in [0.15, 0.2) is 0 Å². The first-order chi connectivity index (χ1) is 4.16. The Morgan fingerprint density at radius 3 is 2.44 bits per heavy atom. The van der Waals surface area contributed by atoms with E-state index in [0.717, 1.165) is 0 Å². The maximum Gasteiger partial charge on any atom is 0.251 e. The Hall–Kier alpha value is -0.220. The molecule has 0 saturated heterocycles. The molecule has 0 aromatic rings. The molecule has 0 atom stereocenters. The summed E-state index contributed by atoms with van der Waals surface area (Å²) in [6, 6.07) is 0. The number of likely N-dealkylation sites (N-methyl/N-ethyl adjacent to an activating group) is 1. The summed E-state index contributed by atoms with van der Waals surface area (Å²) in [7, 11) is 1.62. The van der Waals surface area contributed by atoms with E-state index >= 15 is 0 Å². The summed E-state index contributed by atoms with van der Waals surface area (Å²) in [6.07, 6.45) is -2.25. The normalized spacial score (nSPS) is 11.3. The van der Waals surface area contributed by atoms with Gasteiger partial charge in [0.1, 0.15) is 0 Å². The first kappa shape index (κ1) is 8.78. The van der Waals surface area contributed by atoms with Gasteiger partial charge in [-0.25, -0.2) is 8.78 Å². The van der Waals surface area contributed by atoms with Gasteiger partial charge in [0.2, 0.25) is 0 Å². The van der Waals surface area contributed by atoms with E-state index in [9.17, 15) is 8.78 Å². The molecule has 9 heavy (non-hydrogen) atoms. The van der Waals surface area contributed by atoms with E-state index in [-0.39, 0.29) is 6.54 Å². The molecule has 0 spiro atoms. The van der Waals surface area contributed by atoms with Gasteiger partial charge in [-0.05, 0) is 7.05 Å². The lowest BCUT2D eigenvalue weighted by Gasteiger charge is -2.13. The average molecular weight is 138 g/mol. The largest absolute Gasteiger partial charge is 0.329 e. The molecule has 2 N–H and O–H groups in total. The second kappa shape index (κ2) is 4.64. The smallest absolute Gasteiger partial charge is 0.251 e. The standard InChI is InChI=1S/C5H12F2N2/c1-9(3-2-8)4-5(6)7/h5H,2-4,8H2,1H3. The van der Waals surface area contributed by atoms with Crippen LogP contribution >= 0.6 is 0 Å². The number of hydrogen-bond acceptors (Lipinski definition) is 2. The predicted octanol–water partition coefficient (Wildman–Crippen LogP) is 0.142. The van der Waals surface area contributed by atoms with Crippen LogP contribution < -0.4 is 5.73 Å². The van der Waals surface area contributed by atoms with Crippen LogP contribution in [-0.4, -0.2) is 38.0 Å². The minimum atomic E-state index is -2.25. The lowest BCUT2D eigenvalue weighted by Crippen LogP contribution is -2.29. The second-order valence-corrected chi connectivity index (χ2v) is 1.94. The SMILES string of the molecule is CN(CCN)CC(F)F. The summed E-state index contributed by atoms with van der Waals surface area (Å²) in [5.41, 5.74) is 5.12. The minimum absolute atomic E-state index is 0.183. The van der Waals surface area contributed by atoms with E-state index < -0.39 is 6.43 Å². The highest BCUT2D eigenvalue weighted by Gasteiger charge is 2.05. The lowest BCUT2D eigenvalue weighted by molar-refractivity contribution is 0.102. The van der Waals surface area contributed by atoms with Crippen LogP contribution in [0.15, 0.2) is 0 Å². The van der Waals surface area contributed by atoms with Gasteiger partial charge in [-0.2, -0.15) is 0 Å². The zero-order chi connectivity index (χ0) is 7.28. The van der Waals surface area contributed by atoms with Crippen LogP contribution in [0.4, 0.5) is 8.78 Å². The number of nitrogens with zero attached hydrogens (tertiary/aromatic N) is 1. The zero-order valence-corrected chi connectivity index (χ0v) is 5.48. The molecule has 0 aliphatic heterocycles. The van der Waals surface area contributed by atoms with Crippen molar-refractivity contribution in [2.75, 3.05) is 26.7 Å². The Bertz CT molecular complexity index is 68.0. The number of alkyl halides is 2. The fraction of sp³-hybridized carbons (Fsp3) is 1.00. The van der Waals surface area contributed by atoms with Crippen molar-refractivity contribution in [1.82, 2.24) is 4.90 Å². The highest BCUT2D eigenvalue weighted by Crippen LogP contribution is 1.93. The van der Waals surface area contributed by atoms with E-state index in [4.69, 9.17) is 5.73 Å². The maximum atomic E-state index is 11.5. The molecule has 4 heteroatoms. The monoisotopic (exact) mass is 138 g/mol. The Kier molecular flexibility index (Phi) is 4.53. The number of hydrogen-bond donors (Lipinski definition) is 1. The second-order valence-electron chi connectivity index (χ2n) is 1.94. The minimum Gasteiger partial charge on any atom is -0.329 e. The molecule has 0 aliphatic rings. The molecule has 0 fully saturated rings. The fourth-order valence-electron chi connectivity index (χ4n) is 0.547. The molecule has 56 valence electrons. The third kappa shape index (κ3) is 5.65. The molecule has 0 aromatic carbocycles. The third-order valence-electron chi connectivity index (χ3n) is 0.961. The van der Waals surface area contributed by atoms with Gasteiger partial charge >= 0.3 is 0 Å². The number of nitrogens with two attached hydrogens (primary N) is 1. The number of rotatable bonds is 4. The van der Waals surface area contributed by atoms with Crippen molar-refractivity contribution in [2.24, 2.45) is 5.73 Å². The van der Waals surface area contributed by atoms with Crippen LogP contribution in [0.3, 0.4) is 0 Å². The highest BCUT2D eigenvalue weighted by atomic mass is 19.3. The van der Waals surface area contributed by atoms with Gasteiger partial charge in [-0.1, -0.05) is 0 Å². The zero-order valence-electron chi connectivity index (χ0n) is 5.48. The maximum absolute atomic E-state index is 11.5. The molecular formula is C5H12F2N2. The molecule has 0 aliphatic carbocycles. The van der Waals surface area contributed by atoms with Gasteiger partial charge in [0, 0.05) is 13.1 Å². The van der Waals surface area contributed by atoms with Gasteiger partial charge in [-0.15, -0.1) is 0 Å². The van der Waals surface area contributed by atoms with Crippen LogP contribution in [0, 0.1) is 0 Å². The molecular weight excluding hydrogens is 126 g/mol. The van der Waals surface area contributed by atoms with Crippen LogP contribution in [0.25, 0.3) is 0 Å². The van der Waals surface area contributed by atoms with Crippen molar-refractivity contribution < 1.29 is 8.78 Å². The van der Waals surface area contributed by atoms with Crippen LogP contribution in [0.2, 0.25) is 0 Å². The van der Waals surface area contributed by atoms with E-state index in [0.29, 0.717) is 13.1 Å². The average Bonchev–Trinajstić information content (AvgIpc) is 1.63. The van der Waals surface area contributed by atoms with E-state index in [2.05, 4.69) is 0 Å². The van der Waals surface area contributed by atoms with Crippen molar-refractivity contribution in [2.45, 2.75) is 6.43 Å². The summed E-state index contributed by atoms with van der Waals surface area (Å²) in [4.78, 5) is 1.50. The van der Waals surface area contributed by atoms with Crippen molar-refractivity contribution in [3.63, 3.8) is 0 Å². The summed E-state index contributed by atoms with van der Waals surface area (Å²) < 4.78 is 23.1. The van der Waals surface area contributed by atoms with Crippen LogP contribution in [-0.2, 0) is 0 Å². The molecule has 0 heterocycles. The first-order valence-electron chi connectivity index (χ1n) is 2.83. The quantitative estimate of drug-likeness (QED) is 0.598.